The van der Waals surface area contributed by atoms with E-state index in [1.165, 1.54) is 0 Å². The van der Waals surface area contributed by atoms with Crippen LogP contribution < -0.4 is 0 Å². The first-order valence-corrected chi connectivity index (χ1v) is 4.42. The Morgan fingerprint density at radius 3 is 2.09 bits per heavy atom. The molecule has 0 N–H and O–H groups in total. The van der Waals surface area contributed by atoms with Gasteiger partial charge in [-0.25, -0.2) is 0 Å². The van der Waals surface area contributed by atoms with Crippen molar-refractivity contribution in [3.8, 4) is 0 Å². The molecule has 0 aromatic heterocycles. The minimum atomic E-state index is 0.0232. The van der Waals surface area contributed by atoms with Crippen molar-refractivity contribution in [1.82, 2.24) is 4.90 Å². The van der Waals surface area contributed by atoms with Crippen LogP contribution in [0.5, 0.6) is 0 Å². The summed E-state index contributed by atoms with van der Waals surface area (Å²) >= 11 is 0. The first-order chi connectivity index (χ1) is 4.99. The monoisotopic (exact) mass is 157 g/mol. The van der Waals surface area contributed by atoms with E-state index in [-0.39, 0.29) is 11.8 Å². The smallest absolute Gasteiger partial charge is 0.108 e. The van der Waals surface area contributed by atoms with Gasteiger partial charge in [0.15, 0.2) is 0 Å². The molecule has 1 aliphatic rings. The fourth-order valence-corrected chi connectivity index (χ4v) is 1.85. The van der Waals surface area contributed by atoms with E-state index in [1.54, 1.807) is 0 Å². The number of nitrogens with zero attached hydrogens (tertiary/aromatic N) is 1. The van der Waals surface area contributed by atoms with Crippen molar-refractivity contribution < 1.29 is 4.74 Å². The molecule has 1 heterocycles. The zero-order valence-electron chi connectivity index (χ0n) is 8.22. The van der Waals surface area contributed by atoms with Crippen LogP contribution in [-0.4, -0.2) is 29.3 Å². The Balaban J connectivity index is 2.71. The van der Waals surface area contributed by atoms with Crippen LogP contribution in [0.4, 0.5) is 0 Å². The third-order valence-electron chi connectivity index (χ3n) is 2.81. The largest absolute Gasteiger partial charge is 0.356 e. The van der Waals surface area contributed by atoms with Crippen molar-refractivity contribution in [3.05, 3.63) is 0 Å². The Morgan fingerprint density at radius 1 is 1.36 bits per heavy atom. The van der Waals surface area contributed by atoms with E-state index in [0.717, 1.165) is 6.54 Å². The topological polar surface area (TPSA) is 12.5 Å². The maximum atomic E-state index is 5.79. The van der Waals surface area contributed by atoms with Crippen molar-refractivity contribution in [3.63, 3.8) is 0 Å². The van der Waals surface area contributed by atoms with Crippen LogP contribution in [0.1, 0.15) is 34.6 Å². The molecule has 0 amide bonds. The van der Waals surface area contributed by atoms with Crippen molar-refractivity contribution in [2.75, 3.05) is 6.54 Å². The molecular formula is C9H19NO. The Kier molecular flexibility index (Phi) is 2.26. The highest BCUT2D eigenvalue weighted by Crippen LogP contribution is 2.31. The highest BCUT2D eigenvalue weighted by molar-refractivity contribution is 4.90. The molecule has 1 fully saturated rings. The summed E-state index contributed by atoms with van der Waals surface area (Å²) in [4.78, 5) is 2.38. The SMILES string of the molecule is CCN1[C@H](C)OC(C)(C)[C@@H]1C. The summed E-state index contributed by atoms with van der Waals surface area (Å²) in [7, 11) is 0. The second-order valence-electron chi connectivity index (χ2n) is 3.83. The zero-order chi connectivity index (χ0) is 8.65. The lowest BCUT2D eigenvalue weighted by Gasteiger charge is -2.25. The molecule has 0 unspecified atom stereocenters. The summed E-state index contributed by atoms with van der Waals surface area (Å²) in [5.41, 5.74) is 0.0232. The molecule has 11 heavy (non-hydrogen) atoms. The van der Waals surface area contributed by atoms with Gasteiger partial charge in [-0.3, -0.25) is 4.90 Å². The maximum absolute atomic E-state index is 5.79. The molecule has 0 aromatic carbocycles. The first kappa shape index (κ1) is 9.01. The quantitative estimate of drug-likeness (QED) is 0.576. The Hall–Kier alpha value is -0.0800. The molecule has 2 nitrogen and oxygen atoms in total. The number of ether oxygens (including phenoxy) is 1. The van der Waals surface area contributed by atoms with Crippen molar-refractivity contribution in [1.29, 1.82) is 0 Å². The average molecular weight is 157 g/mol. The van der Waals surface area contributed by atoms with Gasteiger partial charge in [0, 0.05) is 6.04 Å². The van der Waals surface area contributed by atoms with Crippen LogP contribution in [-0.2, 0) is 4.74 Å². The lowest BCUT2D eigenvalue weighted by Crippen LogP contribution is -2.39. The van der Waals surface area contributed by atoms with E-state index in [1.807, 2.05) is 0 Å². The minimum Gasteiger partial charge on any atom is -0.356 e. The van der Waals surface area contributed by atoms with Gasteiger partial charge in [0.1, 0.15) is 6.23 Å². The second kappa shape index (κ2) is 2.76. The summed E-state index contributed by atoms with van der Waals surface area (Å²) in [5, 5.41) is 0. The predicted molar refractivity (Wildman–Crippen MR) is 46.5 cm³/mol. The number of likely N-dealkylation sites (N-methyl/N-ethyl adjacent to an activating group) is 1. The van der Waals surface area contributed by atoms with E-state index in [2.05, 4.69) is 39.5 Å². The molecule has 1 aliphatic heterocycles. The molecule has 1 rings (SSSR count). The van der Waals surface area contributed by atoms with E-state index in [4.69, 9.17) is 4.74 Å². The van der Waals surface area contributed by atoms with Crippen LogP contribution in [0, 0.1) is 0 Å². The Morgan fingerprint density at radius 2 is 1.91 bits per heavy atom. The summed E-state index contributed by atoms with van der Waals surface area (Å²) in [6.45, 7) is 11.9. The zero-order valence-corrected chi connectivity index (χ0v) is 8.22. The van der Waals surface area contributed by atoms with Crippen molar-refractivity contribution in [2.24, 2.45) is 0 Å². The van der Waals surface area contributed by atoms with E-state index in [9.17, 15) is 0 Å². The van der Waals surface area contributed by atoms with Gasteiger partial charge in [0.2, 0.25) is 0 Å². The van der Waals surface area contributed by atoms with Gasteiger partial charge in [0.25, 0.3) is 0 Å². The average Bonchev–Trinajstić information content (AvgIpc) is 2.04. The van der Waals surface area contributed by atoms with E-state index in [0.29, 0.717) is 6.04 Å². The third kappa shape index (κ3) is 1.42. The number of hydrogen-bond acceptors (Lipinski definition) is 2. The predicted octanol–water partition coefficient (Wildman–Crippen LogP) is 1.85. The second-order valence-corrected chi connectivity index (χ2v) is 3.83. The number of hydrogen-bond donors (Lipinski definition) is 0. The highest BCUT2D eigenvalue weighted by atomic mass is 16.5. The summed E-state index contributed by atoms with van der Waals surface area (Å²) in [6.07, 6.45) is 0.282. The van der Waals surface area contributed by atoms with Gasteiger partial charge in [0.05, 0.1) is 5.60 Å². The normalized spacial score (nSPS) is 37.9. The van der Waals surface area contributed by atoms with Gasteiger partial charge in [-0.2, -0.15) is 0 Å². The fraction of sp³-hybridized carbons (Fsp3) is 1.00. The van der Waals surface area contributed by atoms with Gasteiger partial charge < -0.3 is 4.74 Å². The van der Waals surface area contributed by atoms with Gasteiger partial charge in [-0.1, -0.05) is 6.92 Å². The number of rotatable bonds is 1. The molecular weight excluding hydrogens is 138 g/mol. The summed E-state index contributed by atoms with van der Waals surface area (Å²) in [6, 6.07) is 0.530. The third-order valence-corrected chi connectivity index (χ3v) is 2.81. The molecule has 0 aromatic rings. The first-order valence-electron chi connectivity index (χ1n) is 4.42. The van der Waals surface area contributed by atoms with Gasteiger partial charge in [-0.15, -0.1) is 0 Å². The van der Waals surface area contributed by atoms with E-state index >= 15 is 0 Å². The molecule has 66 valence electrons. The highest BCUT2D eigenvalue weighted by Gasteiger charge is 2.41. The van der Waals surface area contributed by atoms with E-state index < -0.39 is 0 Å². The standard InChI is InChI=1S/C9H19NO/c1-6-10-7(2)9(4,5)11-8(10)3/h7-8H,6H2,1-5H3/t7-,8-/m0/s1. The molecule has 1 saturated heterocycles. The summed E-state index contributed by atoms with van der Waals surface area (Å²) < 4.78 is 5.79. The molecule has 2 heteroatoms. The van der Waals surface area contributed by atoms with Crippen LogP contribution in [0.3, 0.4) is 0 Å². The summed E-state index contributed by atoms with van der Waals surface area (Å²) in [5.74, 6) is 0. The minimum absolute atomic E-state index is 0.0232. The lowest BCUT2D eigenvalue weighted by molar-refractivity contribution is -0.0283. The molecule has 0 aliphatic carbocycles. The van der Waals surface area contributed by atoms with Crippen LogP contribution in [0.15, 0.2) is 0 Å². The maximum Gasteiger partial charge on any atom is 0.108 e. The van der Waals surface area contributed by atoms with Crippen LogP contribution >= 0.6 is 0 Å². The van der Waals surface area contributed by atoms with Gasteiger partial charge in [-0.05, 0) is 34.2 Å². The molecule has 0 bridgehead atoms. The Bertz CT molecular complexity index is 144. The molecule has 0 radical (unpaired) electrons. The van der Waals surface area contributed by atoms with Gasteiger partial charge >= 0.3 is 0 Å². The fourth-order valence-electron chi connectivity index (χ4n) is 1.85. The van der Waals surface area contributed by atoms with Crippen LogP contribution in [0.25, 0.3) is 0 Å². The Labute approximate surface area is 69.5 Å². The van der Waals surface area contributed by atoms with Crippen molar-refractivity contribution in [2.45, 2.75) is 52.5 Å². The van der Waals surface area contributed by atoms with Crippen LogP contribution in [0.2, 0.25) is 0 Å². The molecule has 0 spiro atoms. The lowest BCUT2D eigenvalue weighted by atomic mass is 10.0. The van der Waals surface area contributed by atoms with Crippen molar-refractivity contribution >= 4 is 0 Å². The molecule has 2 atom stereocenters. The molecule has 0 saturated carbocycles.